The molecule has 0 saturated carbocycles. The van der Waals surface area contributed by atoms with Crippen LogP contribution in [0.25, 0.3) is 0 Å². The normalized spacial score (nSPS) is 17.1. The Morgan fingerprint density at radius 2 is 1.82 bits per heavy atom. The summed E-state index contributed by atoms with van der Waals surface area (Å²) in [6.45, 7) is 2.06. The molecule has 1 aliphatic rings. The van der Waals surface area contributed by atoms with E-state index in [1.54, 1.807) is 25.1 Å². The number of amides is 3. The molecule has 3 amide bonds. The minimum absolute atomic E-state index is 0.0144. The minimum Gasteiger partial charge on any atom is -0.497 e. The van der Waals surface area contributed by atoms with E-state index >= 15 is 0 Å². The van der Waals surface area contributed by atoms with Gasteiger partial charge in [-0.3, -0.25) is 19.7 Å². The summed E-state index contributed by atoms with van der Waals surface area (Å²) in [6.07, 6.45) is -0.0144. The van der Waals surface area contributed by atoms with Crippen LogP contribution in [0, 0.1) is 0 Å². The average Bonchev–Trinajstić information content (AvgIpc) is 2.85. The number of carbonyl (C=O) groups excluding carboxylic acids is 3. The highest BCUT2D eigenvalue weighted by Crippen LogP contribution is 2.24. The fraction of sp³-hybridized carbons (Fsp3) is 0.400. The van der Waals surface area contributed by atoms with Crippen LogP contribution in [0.5, 0.6) is 11.5 Å². The number of nitrogens with zero attached hydrogens (tertiary/aromatic N) is 1. The molecular formula is C15H18N2O5. The molecule has 2 rings (SSSR count). The van der Waals surface area contributed by atoms with Gasteiger partial charge in [-0.05, 0) is 19.1 Å². The Bertz CT molecular complexity index is 592. The van der Waals surface area contributed by atoms with E-state index in [4.69, 9.17) is 9.47 Å². The van der Waals surface area contributed by atoms with E-state index in [0.717, 1.165) is 0 Å². The third-order valence-electron chi connectivity index (χ3n) is 3.52. The molecule has 1 N–H and O–H groups in total. The first-order valence-electron chi connectivity index (χ1n) is 6.87. The number of benzene rings is 1. The Morgan fingerprint density at radius 1 is 1.23 bits per heavy atom. The lowest BCUT2D eigenvalue weighted by Gasteiger charge is -2.25. The van der Waals surface area contributed by atoms with Gasteiger partial charge in [-0.15, -0.1) is 0 Å². The van der Waals surface area contributed by atoms with Crippen LogP contribution in [0.1, 0.15) is 23.7 Å². The van der Waals surface area contributed by atoms with Gasteiger partial charge in [-0.25, -0.2) is 0 Å². The van der Waals surface area contributed by atoms with Crippen LogP contribution < -0.4 is 14.8 Å². The second-order valence-electron chi connectivity index (χ2n) is 4.82. The maximum atomic E-state index is 12.7. The fourth-order valence-electron chi connectivity index (χ4n) is 2.39. The zero-order valence-electron chi connectivity index (χ0n) is 12.7. The summed E-state index contributed by atoms with van der Waals surface area (Å²) in [7, 11) is 2.98. The van der Waals surface area contributed by atoms with Gasteiger partial charge in [-0.1, -0.05) is 0 Å². The summed E-state index contributed by atoms with van der Waals surface area (Å²) < 4.78 is 10.3. The van der Waals surface area contributed by atoms with E-state index in [1.807, 2.05) is 0 Å². The Labute approximate surface area is 128 Å². The maximum Gasteiger partial charge on any atom is 0.254 e. The first kappa shape index (κ1) is 15.8. The second-order valence-corrected chi connectivity index (χ2v) is 4.82. The largest absolute Gasteiger partial charge is 0.497 e. The Balaban J connectivity index is 2.32. The molecule has 1 fully saturated rings. The molecule has 7 nitrogen and oxygen atoms in total. The number of imide groups is 1. The number of hydrogen-bond donors (Lipinski definition) is 1. The third kappa shape index (κ3) is 3.03. The van der Waals surface area contributed by atoms with Crippen LogP contribution in [0.2, 0.25) is 0 Å². The SMILES string of the molecule is CCN(C(=O)c1cc(OC)cc(OC)c1)[C@@H]1CC(=O)NC1=O. The number of methoxy groups -OCH3 is 2. The van der Waals surface area contributed by atoms with E-state index < -0.39 is 11.9 Å². The van der Waals surface area contributed by atoms with Gasteiger partial charge < -0.3 is 14.4 Å². The zero-order chi connectivity index (χ0) is 16.3. The standard InChI is InChI=1S/C15H18N2O5/c1-4-17(12-8-13(18)16-14(12)19)15(20)9-5-10(21-2)7-11(6-9)22-3/h5-7,12H,4,8H2,1-3H3,(H,16,18,19)/t12-/m1/s1. The zero-order valence-corrected chi connectivity index (χ0v) is 12.7. The van der Waals surface area contributed by atoms with Crippen LogP contribution in [-0.2, 0) is 9.59 Å². The first-order valence-corrected chi connectivity index (χ1v) is 6.87. The molecule has 1 aliphatic heterocycles. The lowest BCUT2D eigenvalue weighted by atomic mass is 10.1. The molecule has 7 heteroatoms. The van der Waals surface area contributed by atoms with E-state index in [0.29, 0.717) is 23.6 Å². The van der Waals surface area contributed by atoms with Gasteiger partial charge in [-0.2, -0.15) is 0 Å². The van der Waals surface area contributed by atoms with E-state index in [9.17, 15) is 14.4 Å². The number of hydrogen-bond acceptors (Lipinski definition) is 5. The highest BCUT2D eigenvalue weighted by atomic mass is 16.5. The van der Waals surface area contributed by atoms with Gasteiger partial charge in [0.2, 0.25) is 11.8 Å². The van der Waals surface area contributed by atoms with Crippen molar-refractivity contribution < 1.29 is 23.9 Å². The summed E-state index contributed by atoms with van der Waals surface area (Å²) in [5.74, 6) is -0.217. The number of likely N-dealkylation sites (N-methyl/N-ethyl adjacent to an activating group) is 1. The Kier molecular flexibility index (Phi) is 4.65. The molecule has 1 aromatic carbocycles. The van der Waals surface area contributed by atoms with Crippen molar-refractivity contribution in [2.75, 3.05) is 20.8 Å². The molecular weight excluding hydrogens is 288 g/mol. The third-order valence-corrected chi connectivity index (χ3v) is 3.52. The molecule has 0 bridgehead atoms. The van der Waals surface area contributed by atoms with Crippen LogP contribution >= 0.6 is 0 Å². The van der Waals surface area contributed by atoms with Crippen LogP contribution in [-0.4, -0.2) is 49.4 Å². The second kappa shape index (κ2) is 6.46. The molecule has 0 radical (unpaired) electrons. The molecule has 1 atom stereocenters. The van der Waals surface area contributed by atoms with E-state index in [2.05, 4.69) is 5.32 Å². The maximum absolute atomic E-state index is 12.7. The molecule has 1 saturated heterocycles. The molecule has 1 aromatic rings. The van der Waals surface area contributed by atoms with Crippen LogP contribution in [0.4, 0.5) is 0 Å². The number of ether oxygens (including phenoxy) is 2. The van der Waals surface area contributed by atoms with Gasteiger partial charge in [0.15, 0.2) is 0 Å². The molecule has 1 heterocycles. The summed E-state index contributed by atoms with van der Waals surface area (Å²) in [5, 5.41) is 2.21. The molecule has 0 aromatic heterocycles. The quantitative estimate of drug-likeness (QED) is 0.804. The number of carbonyl (C=O) groups is 3. The highest BCUT2D eigenvalue weighted by Gasteiger charge is 2.37. The van der Waals surface area contributed by atoms with Crippen molar-refractivity contribution >= 4 is 17.7 Å². The first-order chi connectivity index (χ1) is 10.5. The Hall–Kier alpha value is -2.57. The van der Waals surface area contributed by atoms with Crippen molar-refractivity contribution in [1.29, 1.82) is 0 Å². The number of nitrogens with one attached hydrogen (secondary N) is 1. The molecule has 0 aliphatic carbocycles. The van der Waals surface area contributed by atoms with E-state index in [1.165, 1.54) is 19.1 Å². The van der Waals surface area contributed by atoms with Crippen molar-refractivity contribution in [1.82, 2.24) is 10.2 Å². The highest BCUT2D eigenvalue weighted by molar-refractivity contribution is 6.08. The van der Waals surface area contributed by atoms with Gasteiger partial charge in [0, 0.05) is 18.2 Å². The predicted molar refractivity (Wildman–Crippen MR) is 77.8 cm³/mol. The fourth-order valence-corrected chi connectivity index (χ4v) is 2.39. The van der Waals surface area contributed by atoms with Crippen LogP contribution in [0.15, 0.2) is 18.2 Å². The number of rotatable bonds is 5. The molecule has 118 valence electrons. The van der Waals surface area contributed by atoms with Gasteiger partial charge in [0.05, 0.1) is 20.6 Å². The van der Waals surface area contributed by atoms with Crippen molar-refractivity contribution in [3.8, 4) is 11.5 Å². The monoisotopic (exact) mass is 306 g/mol. The summed E-state index contributed by atoms with van der Waals surface area (Å²) in [4.78, 5) is 37.2. The van der Waals surface area contributed by atoms with Crippen LogP contribution in [0.3, 0.4) is 0 Å². The van der Waals surface area contributed by atoms with Gasteiger partial charge >= 0.3 is 0 Å². The van der Waals surface area contributed by atoms with E-state index in [-0.39, 0.29) is 18.2 Å². The summed E-state index contributed by atoms with van der Waals surface area (Å²) in [5.41, 5.74) is 0.338. The average molecular weight is 306 g/mol. The summed E-state index contributed by atoms with van der Waals surface area (Å²) in [6, 6.07) is 4.02. The van der Waals surface area contributed by atoms with Gasteiger partial charge in [0.1, 0.15) is 17.5 Å². The van der Waals surface area contributed by atoms with Crippen molar-refractivity contribution in [2.45, 2.75) is 19.4 Å². The predicted octanol–water partition coefficient (Wildman–Crippen LogP) is 0.581. The van der Waals surface area contributed by atoms with Crippen molar-refractivity contribution in [2.24, 2.45) is 0 Å². The topological polar surface area (TPSA) is 84.9 Å². The lowest BCUT2D eigenvalue weighted by molar-refractivity contribution is -0.126. The minimum atomic E-state index is -0.776. The molecule has 0 spiro atoms. The van der Waals surface area contributed by atoms with Crippen molar-refractivity contribution in [3.05, 3.63) is 23.8 Å². The lowest BCUT2D eigenvalue weighted by Crippen LogP contribution is -2.44. The van der Waals surface area contributed by atoms with Gasteiger partial charge in [0.25, 0.3) is 5.91 Å². The molecule has 22 heavy (non-hydrogen) atoms. The smallest absolute Gasteiger partial charge is 0.254 e. The Morgan fingerprint density at radius 3 is 2.23 bits per heavy atom. The van der Waals surface area contributed by atoms with Crippen molar-refractivity contribution in [3.63, 3.8) is 0 Å². The summed E-state index contributed by atoms with van der Waals surface area (Å²) >= 11 is 0. The molecule has 0 unspecified atom stereocenters.